The number of nitro groups is 1. The van der Waals surface area contributed by atoms with Crippen molar-refractivity contribution < 1.29 is 14.8 Å². The number of ether oxygens (including phenoxy) is 1. The molecule has 0 unspecified atom stereocenters. The molecule has 21 heavy (non-hydrogen) atoms. The van der Waals surface area contributed by atoms with E-state index < -0.39 is 4.92 Å². The molecule has 0 bridgehead atoms. The molecule has 6 nitrogen and oxygen atoms in total. The highest BCUT2D eigenvalue weighted by atomic mass is 127. The summed E-state index contributed by atoms with van der Waals surface area (Å²) in [6.45, 7) is 0.518. The summed E-state index contributed by atoms with van der Waals surface area (Å²) >= 11 is 2.03. The number of anilines is 1. The van der Waals surface area contributed by atoms with Crippen molar-refractivity contribution in [3.8, 4) is 11.5 Å². The number of nitrogens with one attached hydrogen (secondary N) is 1. The maximum atomic E-state index is 10.6. The number of methoxy groups -OCH3 is 1. The van der Waals surface area contributed by atoms with Crippen LogP contribution in [-0.4, -0.2) is 17.1 Å². The van der Waals surface area contributed by atoms with Gasteiger partial charge >= 0.3 is 0 Å². The van der Waals surface area contributed by atoms with E-state index in [2.05, 4.69) is 5.32 Å². The SMILES string of the molecule is COc1cc(CNc2ccc([N+](=O)[O-])cc2)cc(I)c1O. The number of halogens is 1. The second-order valence-electron chi connectivity index (χ2n) is 4.29. The third-order valence-corrected chi connectivity index (χ3v) is 3.71. The zero-order chi connectivity index (χ0) is 15.4. The van der Waals surface area contributed by atoms with Gasteiger partial charge in [0.05, 0.1) is 15.6 Å². The fourth-order valence-electron chi connectivity index (χ4n) is 1.79. The molecule has 2 aromatic rings. The van der Waals surface area contributed by atoms with Crippen LogP contribution in [0, 0.1) is 13.7 Å². The van der Waals surface area contributed by atoms with Gasteiger partial charge in [0.2, 0.25) is 0 Å². The number of non-ortho nitro benzene ring substituents is 1. The lowest BCUT2D eigenvalue weighted by atomic mass is 10.2. The Morgan fingerprint density at radius 1 is 1.33 bits per heavy atom. The first kappa shape index (κ1) is 15.4. The van der Waals surface area contributed by atoms with E-state index in [9.17, 15) is 15.2 Å². The molecule has 2 aromatic carbocycles. The molecule has 0 aliphatic carbocycles. The van der Waals surface area contributed by atoms with Gasteiger partial charge in [-0.05, 0) is 52.4 Å². The van der Waals surface area contributed by atoms with Gasteiger partial charge in [-0.3, -0.25) is 10.1 Å². The number of hydrogen-bond donors (Lipinski definition) is 2. The van der Waals surface area contributed by atoms with Crippen molar-refractivity contribution in [1.29, 1.82) is 0 Å². The number of rotatable bonds is 5. The highest BCUT2D eigenvalue weighted by Gasteiger charge is 2.09. The summed E-state index contributed by atoms with van der Waals surface area (Å²) in [6.07, 6.45) is 0. The van der Waals surface area contributed by atoms with Crippen molar-refractivity contribution in [2.45, 2.75) is 6.54 Å². The Morgan fingerprint density at radius 2 is 2.00 bits per heavy atom. The molecule has 110 valence electrons. The largest absolute Gasteiger partial charge is 0.504 e. The van der Waals surface area contributed by atoms with Crippen LogP contribution >= 0.6 is 22.6 Å². The number of phenolic OH excluding ortho intramolecular Hbond substituents is 1. The number of benzene rings is 2. The minimum Gasteiger partial charge on any atom is -0.504 e. The van der Waals surface area contributed by atoms with E-state index in [0.717, 1.165) is 11.3 Å². The van der Waals surface area contributed by atoms with Gasteiger partial charge in [0.1, 0.15) is 0 Å². The van der Waals surface area contributed by atoms with E-state index >= 15 is 0 Å². The normalized spacial score (nSPS) is 10.2. The molecule has 7 heteroatoms. The third-order valence-electron chi connectivity index (χ3n) is 2.88. The van der Waals surface area contributed by atoms with E-state index in [1.165, 1.54) is 19.2 Å². The molecule has 0 saturated carbocycles. The molecule has 0 saturated heterocycles. The average Bonchev–Trinajstić information content (AvgIpc) is 2.48. The van der Waals surface area contributed by atoms with E-state index in [1.807, 2.05) is 28.7 Å². The smallest absolute Gasteiger partial charge is 0.269 e. The van der Waals surface area contributed by atoms with E-state index in [-0.39, 0.29) is 11.4 Å². The summed E-state index contributed by atoms with van der Waals surface area (Å²) in [7, 11) is 1.50. The topological polar surface area (TPSA) is 84.6 Å². The Balaban J connectivity index is 2.09. The summed E-state index contributed by atoms with van der Waals surface area (Å²) in [5.41, 5.74) is 1.77. The lowest BCUT2D eigenvalue weighted by Gasteiger charge is -2.10. The molecule has 0 atom stereocenters. The van der Waals surface area contributed by atoms with E-state index in [0.29, 0.717) is 15.9 Å². The minimum absolute atomic E-state index is 0.0569. The van der Waals surface area contributed by atoms with Crippen LogP contribution in [0.2, 0.25) is 0 Å². The van der Waals surface area contributed by atoms with Gasteiger partial charge in [0, 0.05) is 24.4 Å². The molecule has 0 heterocycles. The summed E-state index contributed by atoms with van der Waals surface area (Å²) in [6, 6.07) is 9.79. The highest BCUT2D eigenvalue weighted by molar-refractivity contribution is 14.1. The first-order valence-electron chi connectivity index (χ1n) is 6.05. The van der Waals surface area contributed by atoms with Gasteiger partial charge in [-0.1, -0.05) is 0 Å². The zero-order valence-electron chi connectivity index (χ0n) is 11.2. The van der Waals surface area contributed by atoms with Gasteiger partial charge in [-0.2, -0.15) is 0 Å². The fraction of sp³-hybridized carbons (Fsp3) is 0.143. The molecular weight excluding hydrogens is 387 g/mol. The monoisotopic (exact) mass is 400 g/mol. The molecular formula is C14H13IN2O4. The van der Waals surface area contributed by atoms with Crippen molar-refractivity contribution in [1.82, 2.24) is 0 Å². The molecule has 2 N–H and O–H groups in total. The van der Waals surface area contributed by atoms with Crippen molar-refractivity contribution in [3.63, 3.8) is 0 Å². The first-order valence-corrected chi connectivity index (χ1v) is 7.13. The molecule has 0 amide bonds. The summed E-state index contributed by atoms with van der Waals surface area (Å²) in [5.74, 6) is 0.541. The Bertz CT molecular complexity index is 659. The van der Waals surface area contributed by atoms with Gasteiger partial charge in [-0.15, -0.1) is 0 Å². The van der Waals surface area contributed by atoms with Gasteiger partial charge < -0.3 is 15.2 Å². The van der Waals surface area contributed by atoms with Crippen molar-refractivity contribution in [3.05, 3.63) is 55.6 Å². The predicted octanol–water partition coefficient (Wildman–Crippen LogP) is 3.53. The second-order valence-corrected chi connectivity index (χ2v) is 5.45. The van der Waals surface area contributed by atoms with Crippen molar-refractivity contribution >= 4 is 34.0 Å². The van der Waals surface area contributed by atoms with Gasteiger partial charge in [0.25, 0.3) is 5.69 Å². The summed E-state index contributed by atoms with van der Waals surface area (Å²) in [4.78, 5) is 10.1. The van der Waals surface area contributed by atoms with Crippen molar-refractivity contribution in [2.24, 2.45) is 0 Å². The van der Waals surface area contributed by atoms with Crippen LogP contribution in [0.4, 0.5) is 11.4 Å². The van der Waals surface area contributed by atoms with Crippen LogP contribution in [0.1, 0.15) is 5.56 Å². The van der Waals surface area contributed by atoms with Crippen LogP contribution in [-0.2, 0) is 6.54 Å². The number of nitrogens with zero attached hydrogens (tertiary/aromatic N) is 1. The maximum Gasteiger partial charge on any atom is 0.269 e. The maximum absolute atomic E-state index is 10.6. The molecule has 0 aromatic heterocycles. The minimum atomic E-state index is -0.434. The van der Waals surface area contributed by atoms with E-state index in [4.69, 9.17) is 4.74 Å². The number of nitro benzene ring substituents is 1. The van der Waals surface area contributed by atoms with Gasteiger partial charge in [-0.25, -0.2) is 0 Å². The number of phenols is 1. The Hall–Kier alpha value is -2.03. The standard InChI is InChI=1S/C14H13IN2O4/c1-21-13-7-9(6-12(15)14(13)18)8-16-10-2-4-11(5-3-10)17(19)20/h2-7,16,18H,8H2,1H3. The molecule has 2 rings (SSSR count). The first-order chi connectivity index (χ1) is 10.0. The summed E-state index contributed by atoms with van der Waals surface area (Å²) in [5, 5.41) is 23.5. The average molecular weight is 400 g/mol. The van der Waals surface area contributed by atoms with Crippen molar-refractivity contribution in [2.75, 3.05) is 12.4 Å². The van der Waals surface area contributed by atoms with Crippen LogP contribution < -0.4 is 10.1 Å². The fourth-order valence-corrected chi connectivity index (χ4v) is 2.46. The quantitative estimate of drug-likeness (QED) is 0.456. The Labute approximate surface area is 135 Å². The van der Waals surface area contributed by atoms with Crippen LogP contribution in [0.3, 0.4) is 0 Å². The zero-order valence-corrected chi connectivity index (χ0v) is 13.3. The predicted molar refractivity (Wildman–Crippen MR) is 87.8 cm³/mol. The Morgan fingerprint density at radius 3 is 2.57 bits per heavy atom. The van der Waals surface area contributed by atoms with Gasteiger partial charge in [0.15, 0.2) is 11.5 Å². The molecule has 0 aliphatic rings. The summed E-state index contributed by atoms with van der Waals surface area (Å²) < 4.78 is 5.80. The second kappa shape index (κ2) is 6.61. The molecule has 0 spiro atoms. The van der Waals surface area contributed by atoms with Crippen LogP contribution in [0.25, 0.3) is 0 Å². The number of aromatic hydroxyl groups is 1. The molecule has 0 fully saturated rings. The Kier molecular flexibility index (Phi) is 4.84. The van der Waals surface area contributed by atoms with Crippen LogP contribution in [0.5, 0.6) is 11.5 Å². The lowest BCUT2D eigenvalue weighted by Crippen LogP contribution is -2.00. The lowest BCUT2D eigenvalue weighted by molar-refractivity contribution is -0.384. The van der Waals surface area contributed by atoms with E-state index in [1.54, 1.807) is 18.2 Å². The number of hydrogen-bond acceptors (Lipinski definition) is 5. The van der Waals surface area contributed by atoms with Crippen LogP contribution in [0.15, 0.2) is 36.4 Å². The third kappa shape index (κ3) is 3.75. The molecule has 0 aliphatic heterocycles. The highest BCUT2D eigenvalue weighted by Crippen LogP contribution is 2.32. The molecule has 0 radical (unpaired) electrons.